The number of aromatic nitrogens is 1. The molecule has 0 bridgehead atoms. The van der Waals surface area contributed by atoms with E-state index in [0.717, 1.165) is 30.5 Å². The van der Waals surface area contributed by atoms with E-state index in [2.05, 4.69) is 40.4 Å². The van der Waals surface area contributed by atoms with Crippen LogP contribution >= 0.6 is 0 Å². The van der Waals surface area contributed by atoms with Crippen LogP contribution in [0.1, 0.15) is 25.5 Å². The van der Waals surface area contributed by atoms with Gasteiger partial charge in [-0.25, -0.2) is 0 Å². The summed E-state index contributed by atoms with van der Waals surface area (Å²) < 4.78 is 5.69. The fourth-order valence-corrected chi connectivity index (χ4v) is 3.94. The first-order valence-corrected chi connectivity index (χ1v) is 9.44. The van der Waals surface area contributed by atoms with Gasteiger partial charge in [0, 0.05) is 43.4 Å². The molecule has 1 aliphatic heterocycles. The van der Waals surface area contributed by atoms with Gasteiger partial charge in [-0.2, -0.15) is 0 Å². The SMILES string of the molecule is COC(C(C)C(=O)NCCc1cc2ccccc2cn1)C1CCCN1C. The molecule has 1 fully saturated rings. The third-order valence-corrected chi connectivity index (χ3v) is 5.50. The third kappa shape index (κ3) is 4.22. The van der Waals surface area contributed by atoms with Gasteiger partial charge in [0.1, 0.15) is 0 Å². The lowest BCUT2D eigenvalue weighted by atomic mass is 9.95. The Hall–Kier alpha value is -1.98. The van der Waals surface area contributed by atoms with Crippen LogP contribution < -0.4 is 5.32 Å². The van der Waals surface area contributed by atoms with E-state index in [4.69, 9.17) is 4.74 Å². The van der Waals surface area contributed by atoms with Gasteiger partial charge in [-0.1, -0.05) is 31.2 Å². The van der Waals surface area contributed by atoms with Crippen molar-refractivity contribution in [1.29, 1.82) is 0 Å². The Morgan fingerprint density at radius 2 is 2.15 bits per heavy atom. The molecule has 0 saturated carbocycles. The van der Waals surface area contributed by atoms with E-state index in [9.17, 15) is 4.79 Å². The standard InChI is InChI=1S/C21H29N3O2/c1-15(20(26-3)19-9-6-12-24(19)2)21(25)22-11-10-18-13-16-7-4-5-8-17(16)14-23-18/h4-5,7-8,13-15,19-20H,6,9-12H2,1-3H3,(H,22,25). The number of likely N-dealkylation sites (N-methyl/N-ethyl adjacent to an activating group) is 1. The van der Waals surface area contributed by atoms with Crippen molar-refractivity contribution in [3.63, 3.8) is 0 Å². The second-order valence-corrected chi connectivity index (χ2v) is 7.24. The molecule has 1 aliphatic rings. The van der Waals surface area contributed by atoms with Crippen LogP contribution in [0.2, 0.25) is 0 Å². The van der Waals surface area contributed by atoms with Gasteiger partial charge >= 0.3 is 0 Å². The predicted molar refractivity (Wildman–Crippen MR) is 104 cm³/mol. The van der Waals surface area contributed by atoms with Gasteiger partial charge in [0.15, 0.2) is 0 Å². The van der Waals surface area contributed by atoms with Crippen LogP contribution in [0.25, 0.3) is 10.8 Å². The summed E-state index contributed by atoms with van der Waals surface area (Å²) in [5.74, 6) is -0.118. The molecule has 3 atom stereocenters. The lowest BCUT2D eigenvalue weighted by molar-refractivity contribution is -0.130. The first-order valence-electron chi connectivity index (χ1n) is 9.44. The van der Waals surface area contributed by atoms with Crippen molar-refractivity contribution < 1.29 is 9.53 Å². The first kappa shape index (κ1) is 18.8. The number of benzene rings is 1. The minimum absolute atomic E-state index is 0.0536. The lowest BCUT2D eigenvalue weighted by Gasteiger charge is -2.31. The van der Waals surface area contributed by atoms with Gasteiger partial charge in [-0.05, 0) is 37.9 Å². The van der Waals surface area contributed by atoms with E-state index in [1.807, 2.05) is 25.3 Å². The number of carbonyl (C=O) groups excluding carboxylic acids is 1. The molecule has 0 spiro atoms. The van der Waals surface area contributed by atoms with E-state index in [-0.39, 0.29) is 17.9 Å². The number of ether oxygens (including phenoxy) is 1. The molecule has 0 radical (unpaired) electrons. The fraction of sp³-hybridized carbons (Fsp3) is 0.524. The number of nitrogens with one attached hydrogen (secondary N) is 1. The number of nitrogens with zero attached hydrogens (tertiary/aromatic N) is 2. The zero-order valence-corrected chi connectivity index (χ0v) is 15.9. The Bertz CT molecular complexity index is 749. The molecular weight excluding hydrogens is 326 g/mol. The molecule has 140 valence electrons. The molecule has 3 unspecified atom stereocenters. The predicted octanol–water partition coefficient (Wildman–Crippen LogP) is 2.64. The Balaban J connectivity index is 1.53. The zero-order valence-electron chi connectivity index (χ0n) is 15.9. The Labute approximate surface area is 155 Å². The number of likely N-dealkylation sites (tertiary alicyclic amines) is 1. The topological polar surface area (TPSA) is 54.5 Å². The van der Waals surface area contributed by atoms with E-state index in [1.54, 1.807) is 7.11 Å². The molecule has 2 heterocycles. The molecule has 1 aromatic carbocycles. The summed E-state index contributed by atoms with van der Waals surface area (Å²) in [7, 11) is 3.82. The number of fused-ring (bicyclic) bond motifs is 1. The molecular formula is C21H29N3O2. The molecule has 0 aliphatic carbocycles. The molecule has 3 rings (SSSR count). The summed E-state index contributed by atoms with van der Waals surface area (Å²) in [6.45, 7) is 3.63. The normalized spacial score (nSPS) is 20.2. The Morgan fingerprint density at radius 1 is 1.38 bits per heavy atom. The average molecular weight is 355 g/mol. The van der Waals surface area contributed by atoms with Gasteiger partial charge in [0.05, 0.1) is 12.0 Å². The third-order valence-electron chi connectivity index (χ3n) is 5.50. The van der Waals surface area contributed by atoms with Gasteiger partial charge in [0.25, 0.3) is 0 Å². The molecule has 5 heteroatoms. The highest BCUT2D eigenvalue weighted by Crippen LogP contribution is 2.24. The lowest BCUT2D eigenvalue weighted by Crippen LogP contribution is -2.47. The highest BCUT2D eigenvalue weighted by molar-refractivity contribution is 5.82. The molecule has 1 N–H and O–H groups in total. The van der Waals surface area contributed by atoms with Crippen LogP contribution in [0.5, 0.6) is 0 Å². The van der Waals surface area contributed by atoms with Crippen LogP contribution in [0.4, 0.5) is 0 Å². The van der Waals surface area contributed by atoms with Crippen molar-refractivity contribution in [2.75, 3.05) is 27.2 Å². The summed E-state index contributed by atoms with van der Waals surface area (Å²) in [5, 5.41) is 5.37. The van der Waals surface area contributed by atoms with Crippen LogP contribution in [-0.2, 0) is 16.0 Å². The van der Waals surface area contributed by atoms with Crippen molar-refractivity contribution in [3.05, 3.63) is 42.2 Å². The van der Waals surface area contributed by atoms with E-state index < -0.39 is 0 Å². The Kier molecular flexibility index (Phi) is 6.22. The second-order valence-electron chi connectivity index (χ2n) is 7.24. The zero-order chi connectivity index (χ0) is 18.5. The monoisotopic (exact) mass is 355 g/mol. The summed E-state index contributed by atoms with van der Waals surface area (Å²) in [6.07, 6.45) is 4.81. The number of hydrogen-bond donors (Lipinski definition) is 1. The number of amides is 1. The minimum atomic E-state index is -0.171. The summed E-state index contributed by atoms with van der Waals surface area (Å²) in [4.78, 5) is 19.4. The largest absolute Gasteiger partial charge is 0.379 e. The maximum atomic E-state index is 12.6. The van der Waals surface area contributed by atoms with Crippen LogP contribution in [0, 0.1) is 5.92 Å². The van der Waals surface area contributed by atoms with Gasteiger partial charge in [0.2, 0.25) is 5.91 Å². The van der Waals surface area contributed by atoms with E-state index in [1.165, 1.54) is 11.8 Å². The van der Waals surface area contributed by atoms with Gasteiger partial charge in [-0.3, -0.25) is 9.78 Å². The van der Waals surface area contributed by atoms with Gasteiger partial charge in [-0.15, -0.1) is 0 Å². The number of methoxy groups -OCH3 is 1. The first-order chi connectivity index (χ1) is 12.6. The second kappa shape index (κ2) is 8.60. The van der Waals surface area contributed by atoms with Crippen molar-refractivity contribution >= 4 is 16.7 Å². The smallest absolute Gasteiger partial charge is 0.225 e. The highest BCUT2D eigenvalue weighted by Gasteiger charge is 2.35. The number of hydrogen-bond acceptors (Lipinski definition) is 4. The van der Waals surface area contributed by atoms with Crippen molar-refractivity contribution in [2.45, 2.75) is 38.3 Å². The average Bonchev–Trinajstić information content (AvgIpc) is 3.08. The van der Waals surface area contributed by atoms with Crippen LogP contribution in [-0.4, -0.2) is 55.2 Å². The van der Waals surface area contributed by atoms with Gasteiger partial charge < -0.3 is 15.0 Å². The molecule has 1 aromatic heterocycles. The maximum absolute atomic E-state index is 12.6. The minimum Gasteiger partial charge on any atom is -0.379 e. The van der Waals surface area contributed by atoms with Crippen molar-refractivity contribution in [1.82, 2.24) is 15.2 Å². The molecule has 26 heavy (non-hydrogen) atoms. The fourth-order valence-electron chi connectivity index (χ4n) is 3.94. The van der Waals surface area contributed by atoms with Crippen LogP contribution in [0.3, 0.4) is 0 Å². The summed E-state index contributed by atoms with van der Waals surface area (Å²) >= 11 is 0. The van der Waals surface area contributed by atoms with Crippen LogP contribution in [0.15, 0.2) is 36.5 Å². The molecule has 1 saturated heterocycles. The summed E-state index contributed by atoms with van der Waals surface area (Å²) in [5.41, 5.74) is 0.996. The molecule has 1 amide bonds. The molecule has 2 aromatic rings. The number of pyridine rings is 1. The quantitative estimate of drug-likeness (QED) is 0.830. The van der Waals surface area contributed by atoms with Crippen molar-refractivity contribution in [2.24, 2.45) is 5.92 Å². The number of rotatable bonds is 7. The number of carbonyl (C=O) groups is 1. The Morgan fingerprint density at radius 3 is 2.85 bits per heavy atom. The van der Waals surface area contributed by atoms with Crippen molar-refractivity contribution in [3.8, 4) is 0 Å². The molecule has 5 nitrogen and oxygen atoms in total. The maximum Gasteiger partial charge on any atom is 0.225 e. The van der Waals surface area contributed by atoms with E-state index in [0.29, 0.717) is 12.6 Å². The summed E-state index contributed by atoms with van der Waals surface area (Å²) in [6, 6.07) is 10.6. The van der Waals surface area contributed by atoms with E-state index >= 15 is 0 Å². The highest BCUT2D eigenvalue weighted by atomic mass is 16.5.